The Bertz CT molecular complexity index is 583. The second-order valence-electron chi connectivity index (χ2n) is 4.29. The van der Waals surface area contributed by atoms with E-state index in [1.165, 1.54) is 6.20 Å². The zero-order valence-electron chi connectivity index (χ0n) is 10.4. The van der Waals surface area contributed by atoms with Crippen molar-refractivity contribution in [2.24, 2.45) is 0 Å². The Morgan fingerprint density at radius 2 is 2.06 bits per heavy atom. The molecule has 0 spiro atoms. The van der Waals surface area contributed by atoms with Gasteiger partial charge in [-0.2, -0.15) is 0 Å². The zero-order valence-corrected chi connectivity index (χ0v) is 11.2. The Morgan fingerprint density at radius 3 is 2.72 bits per heavy atom. The van der Waals surface area contributed by atoms with Crippen LogP contribution in [-0.2, 0) is 0 Å². The number of hydrogen-bond acceptors (Lipinski definition) is 2. The fourth-order valence-corrected chi connectivity index (χ4v) is 1.96. The maximum atomic E-state index is 12.1. The third-order valence-corrected chi connectivity index (χ3v) is 3.28. The molecular formula is C14H15ClN2O. The molecule has 1 unspecified atom stereocenters. The number of nitrogens with zero attached hydrogens (tertiary/aromatic N) is 1. The topological polar surface area (TPSA) is 42.0 Å². The minimum Gasteiger partial charge on any atom is -0.350 e. The SMILES string of the molecule is CCC(C)NC(=O)c1cnc(Cl)c2ccccc12. The van der Waals surface area contributed by atoms with Crippen LogP contribution in [0.15, 0.2) is 30.5 Å². The van der Waals surface area contributed by atoms with Gasteiger partial charge in [-0.05, 0) is 18.7 Å². The van der Waals surface area contributed by atoms with E-state index in [1.807, 2.05) is 38.1 Å². The lowest BCUT2D eigenvalue weighted by atomic mass is 10.1. The van der Waals surface area contributed by atoms with Gasteiger partial charge in [0, 0.05) is 17.6 Å². The maximum absolute atomic E-state index is 12.1. The fourth-order valence-electron chi connectivity index (χ4n) is 1.74. The summed E-state index contributed by atoms with van der Waals surface area (Å²) in [5, 5.41) is 4.99. The van der Waals surface area contributed by atoms with Crippen molar-refractivity contribution in [2.75, 3.05) is 0 Å². The molecule has 0 radical (unpaired) electrons. The molecule has 4 heteroatoms. The third kappa shape index (κ3) is 2.46. The van der Waals surface area contributed by atoms with E-state index in [4.69, 9.17) is 11.6 Å². The normalized spacial score (nSPS) is 12.4. The molecule has 0 saturated carbocycles. The van der Waals surface area contributed by atoms with Crippen LogP contribution in [0.3, 0.4) is 0 Å². The summed E-state index contributed by atoms with van der Waals surface area (Å²) < 4.78 is 0. The number of aromatic nitrogens is 1. The van der Waals surface area contributed by atoms with Crippen molar-refractivity contribution in [3.63, 3.8) is 0 Å². The summed E-state index contributed by atoms with van der Waals surface area (Å²) in [6.45, 7) is 4.01. The highest BCUT2D eigenvalue weighted by molar-refractivity contribution is 6.34. The highest BCUT2D eigenvalue weighted by Gasteiger charge is 2.13. The largest absolute Gasteiger partial charge is 0.350 e. The summed E-state index contributed by atoms with van der Waals surface area (Å²) in [6, 6.07) is 7.66. The smallest absolute Gasteiger partial charge is 0.253 e. The molecule has 1 heterocycles. The second kappa shape index (κ2) is 5.36. The van der Waals surface area contributed by atoms with Crippen LogP contribution in [0.2, 0.25) is 5.15 Å². The van der Waals surface area contributed by atoms with Crippen molar-refractivity contribution in [3.05, 3.63) is 41.2 Å². The maximum Gasteiger partial charge on any atom is 0.253 e. The Morgan fingerprint density at radius 1 is 1.39 bits per heavy atom. The number of rotatable bonds is 3. The number of carbonyl (C=O) groups excluding carboxylic acids is 1. The van der Waals surface area contributed by atoms with E-state index >= 15 is 0 Å². The molecule has 1 atom stereocenters. The van der Waals surface area contributed by atoms with E-state index in [0.717, 1.165) is 17.2 Å². The Hall–Kier alpha value is -1.61. The van der Waals surface area contributed by atoms with Gasteiger partial charge >= 0.3 is 0 Å². The minimum absolute atomic E-state index is 0.107. The molecule has 0 bridgehead atoms. The molecule has 0 fully saturated rings. The molecule has 3 nitrogen and oxygen atoms in total. The number of hydrogen-bond donors (Lipinski definition) is 1. The molecule has 94 valence electrons. The number of halogens is 1. The van der Waals surface area contributed by atoms with Crippen molar-refractivity contribution in [1.29, 1.82) is 0 Å². The molecule has 2 aromatic rings. The zero-order chi connectivity index (χ0) is 13.1. The van der Waals surface area contributed by atoms with E-state index in [2.05, 4.69) is 10.3 Å². The number of amides is 1. The third-order valence-electron chi connectivity index (χ3n) is 2.98. The van der Waals surface area contributed by atoms with Gasteiger partial charge in [0.2, 0.25) is 0 Å². The second-order valence-corrected chi connectivity index (χ2v) is 4.65. The van der Waals surface area contributed by atoms with Crippen LogP contribution >= 0.6 is 11.6 Å². The molecule has 1 aromatic carbocycles. The molecule has 1 N–H and O–H groups in total. The van der Waals surface area contributed by atoms with Crippen LogP contribution in [0.5, 0.6) is 0 Å². The minimum atomic E-state index is -0.107. The van der Waals surface area contributed by atoms with Gasteiger partial charge in [-0.3, -0.25) is 4.79 Å². The predicted molar refractivity (Wildman–Crippen MR) is 74.0 cm³/mol. The highest BCUT2D eigenvalue weighted by Crippen LogP contribution is 2.24. The highest BCUT2D eigenvalue weighted by atomic mass is 35.5. The Labute approximate surface area is 111 Å². The van der Waals surface area contributed by atoms with E-state index < -0.39 is 0 Å². The van der Waals surface area contributed by atoms with Gasteiger partial charge in [0.05, 0.1) is 5.56 Å². The molecule has 0 aliphatic heterocycles. The standard InChI is InChI=1S/C14H15ClN2O/c1-3-9(2)17-14(18)12-8-16-13(15)11-7-5-4-6-10(11)12/h4-9H,3H2,1-2H3,(H,17,18). The predicted octanol–water partition coefficient (Wildman–Crippen LogP) is 3.42. The summed E-state index contributed by atoms with van der Waals surface area (Å²) in [5.74, 6) is -0.107. The van der Waals surface area contributed by atoms with Crippen molar-refractivity contribution in [1.82, 2.24) is 10.3 Å². The number of nitrogens with one attached hydrogen (secondary N) is 1. The molecule has 0 aliphatic carbocycles. The lowest BCUT2D eigenvalue weighted by molar-refractivity contribution is 0.0940. The Kier molecular flexibility index (Phi) is 3.82. The number of carbonyl (C=O) groups is 1. The van der Waals surface area contributed by atoms with E-state index in [-0.39, 0.29) is 11.9 Å². The van der Waals surface area contributed by atoms with Crippen LogP contribution < -0.4 is 5.32 Å². The summed E-state index contributed by atoms with van der Waals surface area (Å²) in [4.78, 5) is 16.2. The average Bonchev–Trinajstić information content (AvgIpc) is 2.39. The average molecular weight is 263 g/mol. The van der Waals surface area contributed by atoms with Crippen LogP contribution in [0.1, 0.15) is 30.6 Å². The molecule has 1 aromatic heterocycles. The summed E-state index contributed by atoms with van der Waals surface area (Å²) in [6.07, 6.45) is 2.42. The summed E-state index contributed by atoms with van der Waals surface area (Å²) >= 11 is 6.02. The van der Waals surface area contributed by atoms with E-state index in [9.17, 15) is 4.79 Å². The first-order valence-electron chi connectivity index (χ1n) is 5.97. The van der Waals surface area contributed by atoms with Gasteiger partial charge in [-0.1, -0.05) is 42.8 Å². The van der Waals surface area contributed by atoms with Gasteiger partial charge in [-0.25, -0.2) is 4.98 Å². The van der Waals surface area contributed by atoms with Gasteiger partial charge < -0.3 is 5.32 Å². The fraction of sp³-hybridized carbons (Fsp3) is 0.286. The summed E-state index contributed by atoms with van der Waals surface area (Å²) in [7, 11) is 0. The molecule has 0 aliphatic rings. The monoisotopic (exact) mass is 262 g/mol. The van der Waals surface area contributed by atoms with Crippen molar-refractivity contribution >= 4 is 28.3 Å². The quantitative estimate of drug-likeness (QED) is 0.862. The Balaban J connectivity index is 2.45. The lowest BCUT2D eigenvalue weighted by Crippen LogP contribution is -2.32. The number of pyridine rings is 1. The number of fused-ring (bicyclic) bond motifs is 1. The van der Waals surface area contributed by atoms with Gasteiger partial charge in [0.1, 0.15) is 5.15 Å². The molecule has 2 rings (SSSR count). The van der Waals surface area contributed by atoms with Gasteiger partial charge in [0.25, 0.3) is 5.91 Å². The lowest BCUT2D eigenvalue weighted by Gasteiger charge is -2.12. The first-order valence-corrected chi connectivity index (χ1v) is 6.35. The van der Waals surface area contributed by atoms with Crippen LogP contribution in [0, 0.1) is 0 Å². The van der Waals surface area contributed by atoms with Gasteiger partial charge in [0.15, 0.2) is 0 Å². The van der Waals surface area contributed by atoms with E-state index in [0.29, 0.717) is 10.7 Å². The van der Waals surface area contributed by atoms with Crippen LogP contribution in [0.4, 0.5) is 0 Å². The first-order chi connectivity index (χ1) is 8.63. The van der Waals surface area contributed by atoms with Gasteiger partial charge in [-0.15, -0.1) is 0 Å². The van der Waals surface area contributed by atoms with Crippen molar-refractivity contribution in [3.8, 4) is 0 Å². The number of benzene rings is 1. The van der Waals surface area contributed by atoms with Crippen molar-refractivity contribution < 1.29 is 4.79 Å². The van der Waals surface area contributed by atoms with Crippen molar-refractivity contribution in [2.45, 2.75) is 26.3 Å². The molecule has 0 saturated heterocycles. The van der Waals surface area contributed by atoms with Crippen LogP contribution in [0.25, 0.3) is 10.8 Å². The molecular weight excluding hydrogens is 248 g/mol. The summed E-state index contributed by atoms with van der Waals surface area (Å²) in [5.41, 5.74) is 0.565. The van der Waals surface area contributed by atoms with E-state index in [1.54, 1.807) is 0 Å². The van der Waals surface area contributed by atoms with Crippen LogP contribution in [-0.4, -0.2) is 16.9 Å². The first kappa shape index (κ1) is 12.8. The molecule has 1 amide bonds. The molecule has 18 heavy (non-hydrogen) atoms.